The first-order valence-electron chi connectivity index (χ1n) is 14.2. The van der Waals surface area contributed by atoms with Crippen molar-refractivity contribution in [3.8, 4) is 0 Å². The summed E-state index contributed by atoms with van der Waals surface area (Å²) < 4.78 is 5.01. The van der Waals surface area contributed by atoms with Crippen LogP contribution in [-0.4, -0.2) is 72.8 Å². The Kier molecular flexibility index (Phi) is 7.19. The summed E-state index contributed by atoms with van der Waals surface area (Å²) in [7, 11) is 0. The minimum Gasteiger partial charge on any atom is -0.393 e. The van der Waals surface area contributed by atoms with Crippen molar-refractivity contribution in [1.82, 2.24) is 10.2 Å². The van der Waals surface area contributed by atoms with Gasteiger partial charge >= 0.3 is 0 Å². The number of rotatable bonds is 1. The van der Waals surface area contributed by atoms with E-state index in [-0.39, 0.29) is 17.6 Å². The monoisotopic (exact) mass is 462 g/mol. The van der Waals surface area contributed by atoms with Gasteiger partial charge in [0.05, 0.1) is 25.4 Å². The van der Waals surface area contributed by atoms with Crippen molar-refractivity contribution in [3.63, 3.8) is 0 Å². The average Bonchev–Trinajstić information content (AvgIpc) is 3.43. The summed E-state index contributed by atoms with van der Waals surface area (Å²) in [5.74, 6) is 3.49. The van der Waals surface area contributed by atoms with Gasteiger partial charge in [0.1, 0.15) is 0 Å². The molecule has 3 unspecified atom stereocenters. The zero-order valence-corrected chi connectivity index (χ0v) is 21.5. The third-order valence-corrected chi connectivity index (χ3v) is 11.4. The van der Waals surface area contributed by atoms with Gasteiger partial charge in [0.2, 0.25) is 0 Å². The molecule has 190 valence electrons. The number of hydrogen-bond donors (Lipinski definition) is 3. The number of nitrogens with one attached hydrogen (secondary N) is 1. The lowest BCUT2D eigenvalue weighted by Gasteiger charge is -2.61. The van der Waals surface area contributed by atoms with Gasteiger partial charge in [-0.1, -0.05) is 20.8 Å². The van der Waals surface area contributed by atoms with Crippen LogP contribution in [0.3, 0.4) is 0 Å². The van der Waals surface area contributed by atoms with Crippen molar-refractivity contribution in [3.05, 3.63) is 0 Å². The normalized spacial score (nSPS) is 52.3. The second-order valence-corrected chi connectivity index (χ2v) is 13.0. The van der Waals surface area contributed by atoms with Crippen molar-refractivity contribution in [2.45, 2.75) is 96.8 Å². The minimum atomic E-state index is -0.126. The summed E-state index contributed by atoms with van der Waals surface area (Å²) >= 11 is 0. The highest BCUT2D eigenvalue weighted by Gasteiger charge is 2.63. The average molecular weight is 463 g/mol. The van der Waals surface area contributed by atoms with Gasteiger partial charge in [-0.05, 0) is 111 Å². The van der Waals surface area contributed by atoms with Crippen molar-refractivity contribution in [2.24, 2.45) is 40.4 Å². The van der Waals surface area contributed by atoms with E-state index >= 15 is 0 Å². The van der Waals surface area contributed by atoms with E-state index in [1.54, 1.807) is 0 Å². The molecule has 5 heteroatoms. The molecule has 3 N–H and O–H groups in total. The minimum absolute atomic E-state index is 0.0821. The number of aliphatic hydroxyl groups excluding tert-OH is 2. The molecular weight excluding hydrogens is 412 g/mol. The third kappa shape index (κ3) is 4.33. The predicted octanol–water partition coefficient (Wildman–Crippen LogP) is 3.68. The molecule has 0 aromatic heterocycles. The second-order valence-electron chi connectivity index (χ2n) is 13.0. The molecule has 2 aliphatic heterocycles. The van der Waals surface area contributed by atoms with Crippen LogP contribution in [0, 0.1) is 40.4 Å². The molecule has 2 heterocycles. The zero-order chi connectivity index (χ0) is 23.2. The summed E-state index contributed by atoms with van der Waals surface area (Å²) in [6, 6.07) is 0.416. The molecule has 6 aliphatic rings. The van der Waals surface area contributed by atoms with Crippen LogP contribution < -0.4 is 5.32 Å². The number of aliphatic hydroxyl groups is 2. The van der Waals surface area contributed by atoms with Gasteiger partial charge < -0.3 is 20.3 Å². The Bertz CT molecular complexity index is 654. The molecule has 0 aromatic rings. The summed E-state index contributed by atoms with van der Waals surface area (Å²) in [6.45, 7) is 13.5. The maximum Gasteiger partial charge on any atom is 0.0751 e. The maximum absolute atomic E-state index is 11.4. The molecule has 4 aliphatic carbocycles. The molecule has 4 saturated carbocycles. The third-order valence-electron chi connectivity index (χ3n) is 11.4. The molecule has 0 aromatic carbocycles. The number of morpholine rings is 1. The maximum atomic E-state index is 11.4. The molecule has 33 heavy (non-hydrogen) atoms. The smallest absolute Gasteiger partial charge is 0.0751 e. The highest BCUT2D eigenvalue weighted by atomic mass is 16.5. The summed E-state index contributed by atoms with van der Waals surface area (Å²) in [4.78, 5) is 2.62. The Hall–Kier alpha value is -0.200. The highest BCUT2D eigenvalue weighted by molar-refractivity contribution is 5.13. The first-order valence-corrected chi connectivity index (χ1v) is 14.2. The van der Waals surface area contributed by atoms with E-state index in [0.29, 0.717) is 23.3 Å². The molecule has 6 rings (SSSR count). The summed E-state index contributed by atoms with van der Waals surface area (Å²) in [6.07, 6.45) is 11.1. The van der Waals surface area contributed by atoms with Gasteiger partial charge in [0, 0.05) is 19.1 Å². The van der Waals surface area contributed by atoms with E-state index in [1.807, 2.05) is 0 Å². The number of nitrogens with zero attached hydrogens (tertiary/aromatic N) is 1. The van der Waals surface area contributed by atoms with E-state index in [2.05, 4.69) is 31.0 Å². The van der Waals surface area contributed by atoms with Crippen LogP contribution in [0.1, 0.15) is 78.6 Å². The predicted molar refractivity (Wildman–Crippen MR) is 132 cm³/mol. The number of ether oxygens (including phenoxy) is 1. The fraction of sp³-hybridized carbons (Fsp3) is 1.00. The van der Waals surface area contributed by atoms with Gasteiger partial charge in [0.25, 0.3) is 0 Å². The Morgan fingerprint density at radius 3 is 2.27 bits per heavy atom. The number of likely N-dealkylation sites (tertiary alicyclic amines) is 1. The van der Waals surface area contributed by atoms with Gasteiger partial charge in [0.15, 0.2) is 0 Å². The fourth-order valence-corrected chi connectivity index (χ4v) is 9.52. The van der Waals surface area contributed by atoms with Crippen LogP contribution in [0.25, 0.3) is 0 Å². The van der Waals surface area contributed by atoms with Crippen molar-refractivity contribution in [2.75, 3.05) is 39.4 Å². The molecule has 0 amide bonds. The van der Waals surface area contributed by atoms with Gasteiger partial charge in [-0.3, -0.25) is 4.90 Å². The summed E-state index contributed by atoms with van der Waals surface area (Å²) in [5.41, 5.74) is 0.553. The highest BCUT2D eigenvalue weighted by Crippen LogP contribution is 2.67. The van der Waals surface area contributed by atoms with E-state index in [1.165, 1.54) is 64.5 Å². The van der Waals surface area contributed by atoms with Crippen LogP contribution in [0.15, 0.2) is 0 Å². The van der Waals surface area contributed by atoms with E-state index in [0.717, 1.165) is 50.5 Å². The quantitative estimate of drug-likeness (QED) is 0.555. The van der Waals surface area contributed by atoms with E-state index in [9.17, 15) is 10.2 Å². The number of fused-ring (bicyclic) bond motifs is 5. The topological polar surface area (TPSA) is 65.0 Å². The largest absolute Gasteiger partial charge is 0.393 e. The van der Waals surface area contributed by atoms with E-state index < -0.39 is 0 Å². The molecule has 0 spiro atoms. The van der Waals surface area contributed by atoms with Crippen LogP contribution in [0.5, 0.6) is 0 Å². The number of hydrogen-bond acceptors (Lipinski definition) is 5. The molecule has 2 saturated heterocycles. The molecule has 0 bridgehead atoms. The van der Waals surface area contributed by atoms with Crippen molar-refractivity contribution in [1.29, 1.82) is 0 Å². The molecule has 10 atom stereocenters. The van der Waals surface area contributed by atoms with Gasteiger partial charge in [-0.2, -0.15) is 0 Å². The van der Waals surface area contributed by atoms with Crippen molar-refractivity contribution >= 4 is 0 Å². The molecule has 6 fully saturated rings. The lowest BCUT2D eigenvalue weighted by molar-refractivity contribution is -0.146. The first kappa shape index (κ1) is 24.5. The van der Waals surface area contributed by atoms with Gasteiger partial charge in [-0.15, -0.1) is 0 Å². The lowest BCUT2D eigenvalue weighted by Crippen LogP contribution is -2.55. The first-order chi connectivity index (χ1) is 15.8. The van der Waals surface area contributed by atoms with Crippen molar-refractivity contribution < 1.29 is 14.9 Å². The lowest BCUT2D eigenvalue weighted by atomic mass is 9.44. The zero-order valence-electron chi connectivity index (χ0n) is 21.5. The van der Waals surface area contributed by atoms with Gasteiger partial charge in [-0.25, -0.2) is 0 Å². The second kappa shape index (κ2) is 9.69. The Morgan fingerprint density at radius 2 is 1.64 bits per heavy atom. The SMILES string of the molecule is C1COCCN1.C[C@H]1C[C@]2(C)C3CC[C@@]4(C)C(C[C@H](N5CCCC5)[C@@H]4O)C3CC[C@H]2C[C@@H]1O. The standard InChI is InChI=1S/C24H41NO2.C4H9NO/c1-15-14-24(3)16(12-21(15)26)6-7-17-18(24)8-9-23(2)19(17)13-20(22(23)27)25-10-4-5-11-25;1-3-6-4-2-5-1/h15-22,26-27H,4-14H2,1-3H3;5H,1-4H2/t15-,16-,17?,18?,19?,20-,21-,22-,23-,24-;/m0./s1. The van der Waals surface area contributed by atoms with Crippen LogP contribution in [0.4, 0.5) is 0 Å². The van der Waals surface area contributed by atoms with Crippen LogP contribution >= 0.6 is 0 Å². The van der Waals surface area contributed by atoms with E-state index in [4.69, 9.17) is 4.74 Å². The fourth-order valence-electron chi connectivity index (χ4n) is 9.52. The Balaban J connectivity index is 0.000000332. The Morgan fingerprint density at radius 1 is 0.909 bits per heavy atom. The molecule has 5 nitrogen and oxygen atoms in total. The summed E-state index contributed by atoms with van der Waals surface area (Å²) in [5, 5.41) is 25.0. The van der Waals surface area contributed by atoms with Crippen LogP contribution in [-0.2, 0) is 4.74 Å². The Labute approximate surface area is 202 Å². The molecule has 0 radical (unpaired) electrons. The van der Waals surface area contributed by atoms with Crippen LogP contribution in [0.2, 0.25) is 0 Å². The molecular formula is C28H50N2O3.